The summed E-state index contributed by atoms with van der Waals surface area (Å²) in [5.74, 6) is -2.53. The molecule has 0 radical (unpaired) electrons. The number of fused-ring (bicyclic) bond motifs is 1. The fourth-order valence-electron chi connectivity index (χ4n) is 4.58. The van der Waals surface area contributed by atoms with Crippen LogP contribution in [0.5, 0.6) is 0 Å². The molecule has 1 saturated carbocycles. The second kappa shape index (κ2) is 8.21. The summed E-state index contributed by atoms with van der Waals surface area (Å²) in [6.07, 6.45) is 2.98. The Kier molecular flexibility index (Phi) is 5.32. The van der Waals surface area contributed by atoms with E-state index in [-0.39, 0.29) is 34.9 Å². The molecule has 176 valence electrons. The first-order valence-electron chi connectivity index (χ1n) is 11.0. The number of rotatable bonds is 5. The van der Waals surface area contributed by atoms with Crippen molar-refractivity contribution in [3.05, 3.63) is 69.3 Å². The molecule has 0 spiro atoms. The summed E-state index contributed by atoms with van der Waals surface area (Å²) in [7, 11) is 1.32. The molecule has 0 bridgehead atoms. The number of carboxylic acids is 1. The van der Waals surface area contributed by atoms with Crippen LogP contribution in [0, 0.1) is 5.82 Å². The maximum Gasteiger partial charge on any atom is 0.341 e. The summed E-state index contributed by atoms with van der Waals surface area (Å²) in [5.41, 5.74) is 6.85. The van der Waals surface area contributed by atoms with E-state index in [0.717, 1.165) is 24.5 Å². The number of methoxy groups -OCH3 is 1. The van der Waals surface area contributed by atoms with Gasteiger partial charge in [-0.05, 0) is 36.6 Å². The molecule has 3 heterocycles. The van der Waals surface area contributed by atoms with Gasteiger partial charge in [0.05, 0.1) is 18.1 Å². The van der Waals surface area contributed by atoms with E-state index in [1.807, 2.05) is 12.1 Å². The van der Waals surface area contributed by atoms with Crippen LogP contribution in [-0.2, 0) is 4.74 Å². The van der Waals surface area contributed by atoms with Crippen LogP contribution < -0.4 is 16.1 Å². The zero-order valence-corrected chi connectivity index (χ0v) is 18.4. The quantitative estimate of drug-likeness (QED) is 0.548. The van der Waals surface area contributed by atoms with E-state index in [4.69, 9.17) is 10.5 Å². The summed E-state index contributed by atoms with van der Waals surface area (Å²) in [4.78, 5) is 42.1. The topological polar surface area (TPSA) is 128 Å². The highest BCUT2D eigenvalue weighted by Gasteiger charge is 2.35. The molecule has 2 fully saturated rings. The van der Waals surface area contributed by atoms with Crippen LogP contribution >= 0.6 is 0 Å². The van der Waals surface area contributed by atoms with Gasteiger partial charge < -0.3 is 25.0 Å². The minimum absolute atomic E-state index is 0.0360. The van der Waals surface area contributed by atoms with Crippen LogP contribution in [0.25, 0.3) is 11.0 Å². The van der Waals surface area contributed by atoms with Gasteiger partial charge in [-0.25, -0.2) is 19.0 Å². The number of anilines is 1. The molecule has 1 aliphatic carbocycles. The number of nitrogens with two attached hydrogens (primary N) is 1. The number of nitrogens with zero attached hydrogens (tertiary/aromatic N) is 3. The first kappa shape index (κ1) is 22.0. The van der Waals surface area contributed by atoms with Gasteiger partial charge >= 0.3 is 11.9 Å². The van der Waals surface area contributed by atoms with E-state index < -0.39 is 28.7 Å². The number of benzene rings is 1. The molecular formula is C24H23FN4O5. The number of ether oxygens (including phenoxy) is 1. The van der Waals surface area contributed by atoms with Crippen LogP contribution in [0.15, 0.2) is 41.3 Å². The van der Waals surface area contributed by atoms with E-state index in [1.165, 1.54) is 13.3 Å². The molecule has 34 heavy (non-hydrogen) atoms. The lowest BCUT2D eigenvalue weighted by Gasteiger charge is -2.20. The second-order valence-electron chi connectivity index (χ2n) is 8.77. The highest BCUT2D eigenvalue weighted by atomic mass is 19.1. The van der Waals surface area contributed by atoms with Crippen molar-refractivity contribution >= 4 is 28.8 Å². The lowest BCUT2D eigenvalue weighted by molar-refractivity contribution is 0.0599. The zero-order chi connectivity index (χ0) is 24.1. The first-order chi connectivity index (χ1) is 16.3. The Balaban J connectivity index is 1.51. The number of hydrogen-bond acceptors (Lipinski definition) is 7. The van der Waals surface area contributed by atoms with Gasteiger partial charge in [-0.2, -0.15) is 0 Å². The van der Waals surface area contributed by atoms with E-state index in [1.54, 1.807) is 21.6 Å². The Labute approximate surface area is 193 Å². The molecular weight excluding hydrogens is 443 g/mol. The first-order valence-corrected chi connectivity index (χ1v) is 11.0. The largest absolute Gasteiger partial charge is 0.477 e. The molecule has 1 saturated heterocycles. The summed E-state index contributed by atoms with van der Waals surface area (Å²) < 4.78 is 21.6. The van der Waals surface area contributed by atoms with Gasteiger partial charge in [0.2, 0.25) is 5.43 Å². The number of aromatic carboxylic acids is 1. The van der Waals surface area contributed by atoms with Gasteiger partial charge in [0, 0.05) is 37.3 Å². The molecule has 2 aliphatic rings. The number of esters is 1. The maximum atomic E-state index is 15.2. The van der Waals surface area contributed by atoms with Crippen LogP contribution in [0.3, 0.4) is 0 Å². The third-order valence-corrected chi connectivity index (χ3v) is 6.53. The van der Waals surface area contributed by atoms with Crippen LogP contribution in [0.4, 0.5) is 10.2 Å². The van der Waals surface area contributed by atoms with Gasteiger partial charge in [0.15, 0.2) is 11.6 Å². The summed E-state index contributed by atoms with van der Waals surface area (Å²) >= 11 is 0. The van der Waals surface area contributed by atoms with Crippen molar-refractivity contribution in [1.29, 1.82) is 0 Å². The normalized spacial score (nSPS) is 20.0. The smallest absolute Gasteiger partial charge is 0.341 e. The molecule has 1 aromatic carbocycles. The lowest BCUT2D eigenvalue weighted by atomic mass is 9.94. The van der Waals surface area contributed by atoms with Gasteiger partial charge in [0.25, 0.3) is 0 Å². The molecule has 3 aromatic rings. The average Bonchev–Trinajstić information content (AvgIpc) is 3.60. The summed E-state index contributed by atoms with van der Waals surface area (Å²) in [6.45, 7) is 0.745. The van der Waals surface area contributed by atoms with Gasteiger partial charge in [-0.3, -0.25) is 4.79 Å². The van der Waals surface area contributed by atoms with Crippen LogP contribution in [-0.4, -0.2) is 52.8 Å². The minimum atomic E-state index is -1.35. The van der Waals surface area contributed by atoms with Gasteiger partial charge in [-0.1, -0.05) is 12.1 Å². The Hall–Kier alpha value is -3.79. The third-order valence-electron chi connectivity index (χ3n) is 6.53. The summed E-state index contributed by atoms with van der Waals surface area (Å²) in [5, 5.41) is 9.35. The minimum Gasteiger partial charge on any atom is -0.477 e. The highest BCUT2D eigenvalue weighted by Crippen LogP contribution is 2.38. The van der Waals surface area contributed by atoms with Crippen molar-refractivity contribution in [3.8, 4) is 0 Å². The molecule has 10 heteroatoms. The number of aromatic nitrogens is 2. The standard InChI is InChI=1S/C24H23FN4O5/c1-34-24(33)13-4-2-12(3-5-13)16-9-28(11-19(16)26)22-18(25)8-15-20(30)17(23(31)32)10-29(14-6-7-14)21(15)27-22/h2-5,8,10,14,16,19H,6-7,9,11,26H2,1H3,(H,31,32)/t16-,19+/m0/s1. The summed E-state index contributed by atoms with van der Waals surface area (Å²) in [6, 6.07) is 7.76. The Morgan fingerprint density at radius 1 is 1.21 bits per heavy atom. The van der Waals surface area contributed by atoms with Crippen molar-refractivity contribution in [2.24, 2.45) is 5.73 Å². The van der Waals surface area contributed by atoms with Crippen molar-refractivity contribution in [2.75, 3.05) is 25.1 Å². The van der Waals surface area contributed by atoms with Gasteiger partial charge in [0.1, 0.15) is 11.2 Å². The SMILES string of the molecule is COC(=O)c1ccc([C@@H]2CN(c3nc4c(cc3F)c(=O)c(C(=O)O)cn4C3CC3)C[C@H]2N)cc1. The number of carbonyl (C=O) groups is 2. The number of halogens is 1. The predicted octanol–water partition coefficient (Wildman–Crippen LogP) is 2.29. The van der Waals surface area contributed by atoms with Crippen molar-refractivity contribution in [1.82, 2.24) is 9.55 Å². The van der Waals surface area contributed by atoms with E-state index in [0.29, 0.717) is 18.7 Å². The molecule has 5 rings (SSSR count). The lowest BCUT2D eigenvalue weighted by Crippen LogP contribution is -2.29. The van der Waals surface area contributed by atoms with Crippen molar-refractivity contribution < 1.29 is 23.8 Å². The highest BCUT2D eigenvalue weighted by molar-refractivity contribution is 5.92. The maximum absolute atomic E-state index is 15.2. The molecule has 3 N–H and O–H groups in total. The van der Waals surface area contributed by atoms with Gasteiger partial charge in [-0.15, -0.1) is 0 Å². The zero-order valence-electron chi connectivity index (χ0n) is 18.4. The number of pyridine rings is 2. The third kappa shape index (κ3) is 3.69. The fraction of sp³-hybridized carbons (Fsp3) is 0.333. The van der Waals surface area contributed by atoms with E-state index in [9.17, 15) is 19.5 Å². The molecule has 2 atom stereocenters. The fourth-order valence-corrected chi connectivity index (χ4v) is 4.58. The Morgan fingerprint density at radius 2 is 1.91 bits per heavy atom. The van der Waals surface area contributed by atoms with Crippen LogP contribution in [0.2, 0.25) is 0 Å². The van der Waals surface area contributed by atoms with E-state index >= 15 is 4.39 Å². The number of hydrogen-bond donors (Lipinski definition) is 2. The predicted molar refractivity (Wildman–Crippen MR) is 122 cm³/mol. The molecule has 0 amide bonds. The molecule has 0 unspecified atom stereocenters. The number of carboxylic acid groups (broad SMARTS) is 1. The molecule has 2 aromatic heterocycles. The van der Waals surface area contributed by atoms with E-state index in [2.05, 4.69) is 4.98 Å². The number of carbonyl (C=O) groups excluding carboxylic acids is 1. The monoisotopic (exact) mass is 466 g/mol. The van der Waals surface area contributed by atoms with Crippen molar-refractivity contribution in [3.63, 3.8) is 0 Å². The second-order valence-corrected chi connectivity index (χ2v) is 8.77. The van der Waals surface area contributed by atoms with Crippen LogP contribution in [0.1, 0.15) is 51.1 Å². The Morgan fingerprint density at radius 3 is 2.53 bits per heavy atom. The average molecular weight is 466 g/mol. The molecule has 1 aliphatic heterocycles. The van der Waals surface area contributed by atoms with Crippen molar-refractivity contribution in [2.45, 2.75) is 30.8 Å². The Bertz CT molecular complexity index is 1370. The molecule has 9 nitrogen and oxygen atoms in total.